The number of aromatic nitrogens is 1. The van der Waals surface area contributed by atoms with Crippen LogP contribution in [-0.2, 0) is 13.1 Å². The lowest BCUT2D eigenvalue weighted by Gasteiger charge is -2.03. The zero-order valence-electron chi connectivity index (χ0n) is 8.61. The minimum atomic E-state index is 0.590. The first-order valence-corrected chi connectivity index (χ1v) is 6.58. The number of nitrogens with zero attached hydrogens (tertiary/aromatic N) is 1. The van der Waals surface area contributed by atoms with E-state index in [1.165, 1.54) is 5.56 Å². The summed E-state index contributed by atoms with van der Waals surface area (Å²) in [5.41, 5.74) is 7.92. The summed E-state index contributed by atoms with van der Waals surface area (Å²) < 4.78 is 0.874. The van der Waals surface area contributed by atoms with Crippen molar-refractivity contribution in [2.45, 2.75) is 13.1 Å². The van der Waals surface area contributed by atoms with Crippen molar-refractivity contribution in [3.05, 3.63) is 45.4 Å². The Morgan fingerprint density at radius 3 is 2.50 bits per heavy atom. The predicted molar refractivity (Wildman–Crippen MR) is 71.5 cm³/mol. The fourth-order valence-corrected chi connectivity index (χ4v) is 2.45. The lowest BCUT2D eigenvalue weighted by Crippen LogP contribution is -2.00. The Balaban J connectivity index is 1.94. The molecule has 1 heterocycles. The molecule has 2 aromatic rings. The van der Waals surface area contributed by atoms with Gasteiger partial charge in [-0.15, -0.1) is 11.3 Å². The number of hydrogen-bond donors (Lipinski definition) is 2. The van der Waals surface area contributed by atoms with Crippen molar-refractivity contribution in [1.82, 2.24) is 4.98 Å². The van der Waals surface area contributed by atoms with Crippen molar-refractivity contribution in [3.63, 3.8) is 0 Å². The Labute approximate surface area is 107 Å². The van der Waals surface area contributed by atoms with Crippen LogP contribution in [0.15, 0.2) is 34.2 Å². The van der Waals surface area contributed by atoms with Crippen LogP contribution < -0.4 is 11.1 Å². The molecule has 16 heavy (non-hydrogen) atoms. The Bertz CT molecular complexity index is 453. The highest BCUT2D eigenvalue weighted by molar-refractivity contribution is 9.10. The van der Waals surface area contributed by atoms with Gasteiger partial charge in [-0.2, -0.15) is 0 Å². The molecule has 1 aromatic heterocycles. The monoisotopic (exact) mass is 297 g/mol. The molecule has 0 amide bonds. The third-order valence-corrected chi connectivity index (χ3v) is 3.69. The van der Waals surface area contributed by atoms with E-state index in [0.29, 0.717) is 6.54 Å². The highest BCUT2D eigenvalue weighted by Crippen LogP contribution is 2.20. The van der Waals surface area contributed by atoms with Crippen molar-refractivity contribution in [2.75, 3.05) is 5.32 Å². The molecule has 0 fully saturated rings. The number of rotatable bonds is 4. The van der Waals surface area contributed by atoms with Gasteiger partial charge in [0.25, 0.3) is 0 Å². The Morgan fingerprint density at radius 1 is 1.25 bits per heavy atom. The van der Waals surface area contributed by atoms with Gasteiger partial charge in [-0.25, -0.2) is 4.98 Å². The molecular weight excluding hydrogens is 286 g/mol. The van der Waals surface area contributed by atoms with Crippen LogP contribution in [0, 0.1) is 0 Å². The second-order valence-corrected chi connectivity index (χ2v) is 5.02. The van der Waals surface area contributed by atoms with E-state index in [1.807, 2.05) is 5.38 Å². The van der Waals surface area contributed by atoms with Gasteiger partial charge in [-0.05, 0) is 27.1 Å². The van der Waals surface area contributed by atoms with Crippen molar-refractivity contribution in [1.29, 1.82) is 0 Å². The van der Waals surface area contributed by atoms with Crippen molar-refractivity contribution >= 4 is 32.4 Å². The quantitative estimate of drug-likeness (QED) is 0.912. The van der Waals surface area contributed by atoms with Gasteiger partial charge >= 0.3 is 0 Å². The first kappa shape index (κ1) is 11.6. The molecule has 0 radical (unpaired) electrons. The molecule has 1 aromatic carbocycles. The summed E-state index contributed by atoms with van der Waals surface area (Å²) in [4.78, 5) is 4.26. The molecule has 3 nitrogen and oxygen atoms in total. The molecule has 0 aliphatic carbocycles. The summed E-state index contributed by atoms with van der Waals surface area (Å²) in [7, 11) is 0. The van der Waals surface area contributed by atoms with Crippen LogP contribution in [0.2, 0.25) is 0 Å². The number of nitrogens with one attached hydrogen (secondary N) is 1. The van der Waals surface area contributed by atoms with Gasteiger partial charge in [-0.1, -0.05) is 24.3 Å². The van der Waals surface area contributed by atoms with Gasteiger partial charge in [0.1, 0.15) is 4.60 Å². The van der Waals surface area contributed by atoms with Crippen molar-refractivity contribution < 1.29 is 0 Å². The average Bonchev–Trinajstić information content (AvgIpc) is 2.73. The van der Waals surface area contributed by atoms with E-state index in [9.17, 15) is 0 Å². The molecule has 0 aliphatic heterocycles. The van der Waals surface area contributed by atoms with E-state index in [2.05, 4.69) is 50.5 Å². The van der Waals surface area contributed by atoms with Crippen LogP contribution in [0.4, 0.5) is 5.13 Å². The van der Waals surface area contributed by atoms with E-state index in [1.54, 1.807) is 11.3 Å². The molecule has 0 unspecified atom stereocenters. The van der Waals surface area contributed by atoms with Crippen LogP contribution in [0.25, 0.3) is 0 Å². The van der Waals surface area contributed by atoms with E-state index >= 15 is 0 Å². The molecule has 0 aliphatic rings. The Hall–Kier alpha value is -0.910. The molecule has 5 heteroatoms. The van der Waals surface area contributed by atoms with Crippen LogP contribution in [0.5, 0.6) is 0 Å². The van der Waals surface area contributed by atoms with Gasteiger partial charge in [0, 0.05) is 18.5 Å². The molecule has 0 spiro atoms. The van der Waals surface area contributed by atoms with Gasteiger partial charge in [0.05, 0.1) is 0 Å². The number of hydrogen-bond acceptors (Lipinski definition) is 4. The number of anilines is 1. The standard InChI is InChI=1S/C11H12BrN3S/c12-10-7-16-11(15-10)14-6-9-3-1-8(5-13)2-4-9/h1-4,7H,5-6,13H2,(H,14,15). The van der Waals surface area contributed by atoms with Gasteiger partial charge in [0.15, 0.2) is 5.13 Å². The summed E-state index contributed by atoms with van der Waals surface area (Å²) in [6.45, 7) is 1.37. The number of nitrogens with two attached hydrogens (primary N) is 1. The lowest BCUT2D eigenvalue weighted by atomic mass is 10.1. The number of thiazole rings is 1. The van der Waals surface area contributed by atoms with Gasteiger partial charge in [-0.3, -0.25) is 0 Å². The van der Waals surface area contributed by atoms with E-state index in [0.717, 1.165) is 21.8 Å². The minimum Gasteiger partial charge on any atom is -0.357 e. The van der Waals surface area contributed by atoms with E-state index in [-0.39, 0.29) is 0 Å². The van der Waals surface area contributed by atoms with E-state index < -0.39 is 0 Å². The summed E-state index contributed by atoms with van der Waals surface area (Å²) in [5.74, 6) is 0. The minimum absolute atomic E-state index is 0.590. The van der Waals surface area contributed by atoms with Crippen LogP contribution in [0.3, 0.4) is 0 Å². The maximum atomic E-state index is 5.54. The Morgan fingerprint density at radius 2 is 1.94 bits per heavy atom. The molecule has 3 N–H and O–H groups in total. The second kappa shape index (κ2) is 5.43. The smallest absolute Gasteiger partial charge is 0.184 e. The highest BCUT2D eigenvalue weighted by Gasteiger charge is 1.98. The lowest BCUT2D eigenvalue weighted by molar-refractivity contribution is 1.06. The van der Waals surface area contributed by atoms with Crippen molar-refractivity contribution in [3.8, 4) is 0 Å². The van der Waals surface area contributed by atoms with Gasteiger partial charge in [0.2, 0.25) is 0 Å². The maximum Gasteiger partial charge on any atom is 0.184 e. The molecule has 0 atom stereocenters. The number of halogens is 1. The summed E-state index contributed by atoms with van der Waals surface area (Å²) in [6.07, 6.45) is 0. The maximum absolute atomic E-state index is 5.54. The predicted octanol–water partition coefficient (Wildman–Crippen LogP) is 2.98. The summed E-state index contributed by atoms with van der Waals surface area (Å²) in [5, 5.41) is 6.15. The number of benzene rings is 1. The topological polar surface area (TPSA) is 50.9 Å². The third kappa shape index (κ3) is 3.04. The average molecular weight is 298 g/mol. The normalized spacial score (nSPS) is 10.4. The first-order valence-electron chi connectivity index (χ1n) is 4.90. The van der Waals surface area contributed by atoms with Crippen LogP contribution >= 0.6 is 27.3 Å². The molecular formula is C11H12BrN3S. The fourth-order valence-electron chi connectivity index (χ4n) is 1.31. The zero-order valence-corrected chi connectivity index (χ0v) is 11.0. The van der Waals surface area contributed by atoms with Crippen LogP contribution in [0.1, 0.15) is 11.1 Å². The molecule has 84 valence electrons. The molecule has 0 bridgehead atoms. The largest absolute Gasteiger partial charge is 0.357 e. The van der Waals surface area contributed by atoms with Crippen molar-refractivity contribution in [2.24, 2.45) is 5.73 Å². The third-order valence-electron chi connectivity index (χ3n) is 2.18. The fraction of sp³-hybridized carbons (Fsp3) is 0.182. The van der Waals surface area contributed by atoms with E-state index in [4.69, 9.17) is 5.73 Å². The zero-order chi connectivity index (χ0) is 11.4. The molecule has 0 saturated carbocycles. The molecule has 2 rings (SSSR count). The van der Waals surface area contributed by atoms with Crippen LogP contribution in [-0.4, -0.2) is 4.98 Å². The summed E-state index contributed by atoms with van der Waals surface area (Å²) >= 11 is 4.91. The SMILES string of the molecule is NCc1ccc(CNc2nc(Br)cs2)cc1. The highest BCUT2D eigenvalue weighted by atomic mass is 79.9. The molecule has 0 saturated heterocycles. The Kier molecular flexibility index (Phi) is 3.93. The van der Waals surface area contributed by atoms with Gasteiger partial charge < -0.3 is 11.1 Å². The summed E-state index contributed by atoms with van der Waals surface area (Å²) in [6, 6.07) is 8.26. The second-order valence-electron chi connectivity index (χ2n) is 3.35. The first-order chi connectivity index (χ1) is 7.78.